The van der Waals surface area contributed by atoms with Crippen molar-refractivity contribution in [1.29, 1.82) is 0 Å². The molecule has 4 aliphatic carbocycles. The lowest BCUT2D eigenvalue weighted by molar-refractivity contribution is -0.144. The van der Waals surface area contributed by atoms with Crippen LogP contribution in [0, 0.1) is 23.2 Å². The molecule has 0 amide bonds. The Morgan fingerprint density at radius 2 is 1.86 bits per heavy atom. The van der Waals surface area contributed by atoms with Crippen LogP contribution in [0.2, 0.25) is 0 Å². The van der Waals surface area contributed by atoms with E-state index in [1.165, 1.54) is 6.42 Å². The molecular formula is C12H15ClO. The van der Waals surface area contributed by atoms with E-state index in [-0.39, 0.29) is 5.41 Å². The molecule has 4 bridgehead atoms. The Kier molecular flexibility index (Phi) is 1.69. The summed E-state index contributed by atoms with van der Waals surface area (Å²) >= 11 is 6.14. The lowest BCUT2D eigenvalue weighted by Crippen LogP contribution is -2.51. The third kappa shape index (κ3) is 0.995. The standard InChI is InChI=1S/C12H15ClO/c1-7(13)12-4-8-2-9(5-12)11(14)10(3-8)6-12/h8-10H,1-6H2. The van der Waals surface area contributed by atoms with E-state index in [2.05, 4.69) is 6.58 Å². The van der Waals surface area contributed by atoms with Crippen molar-refractivity contribution < 1.29 is 4.79 Å². The van der Waals surface area contributed by atoms with Gasteiger partial charge in [0, 0.05) is 22.3 Å². The number of rotatable bonds is 1. The summed E-state index contributed by atoms with van der Waals surface area (Å²) in [5, 5.41) is 0.810. The summed E-state index contributed by atoms with van der Waals surface area (Å²) < 4.78 is 0. The van der Waals surface area contributed by atoms with Crippen molar-refractivity contribution in [1.82, 2.24) is 0 Å². The van der Waals surface area contributed by atoms with Crippen LogP contribution < -0.4 is 0 Å². The highest BCUT2D eigenvalue weighted by Gasteiger charge is 2.55. The number of carbonyl (C=O) groups is 1. The minimum atomic E-state index is 0.131. The Hall–Kier alpha value is -0.300. The quantitative estimate of drug-likeness (QED) is 0.650. The second kappa shape index (κ2) is 2.63. The van der Waals surface area contributed by atoms with Gasteiger partial charge in [-0.3, -0.25) is 4.79 Å². The number of hydrogen-bond donors (Lipinski definition) is 0. The molecule has 0 radical (unpaired) electrons. The van der Waals surface area contributed by atoms with Gasteiger partial charge in [0.2, 0.25) is 0 Å². The van der Waals surface area contributed by atoms with Crippen molar-refractivity contribution >= 4 is 17.4 Å². The van der Waals surface area contributed by atoms with E-state index in [9.17, 15) is 4.79 Å². The molecule has 14 heavy (non-hydrogen) atoms. The van der Waals surface area contributed by atoms with Crippen LogP contribution in [0.4, 0.5) is 0 Å². The topological polar surface area (TPSA) is 17.1 Å². The van der Waals surface area contributed by atoms with Crippen molar-refractivity contribution in [2.24, 2.45) is 23.2 Å². The Balaban J connectivity index is 2.00. The zero-order valence-corrected chi connectivity index (χ0v) is 9.02. The highest BCUT2D eigenvalue weighted by atomic mass is 35.5. The molecule has 0 aromatic heterocycles. The lowest BCUT2D eigenvalue weighted by atomic mass is 9.49. The van der Waals surface area contributed by atoms with Gasteiger partial charge in [-0.2, -0.15) is 0 Å². The summed E-state index contributed by atoms with van der Waals surface area (Å²) in [6.45, 7) is 3.92. The van der Waals surface area contributed by atoms with Gasteiger partial charge in [0.05, 0.1) is 0 Å². The van der Waals surface area contributed by atoms with Crippen molar-refractivity contribution in [3.05, 3.63) is 11.6 Å². The van der Waals surface area contributed by atoms with Crippen LogP contribution in [0.1, 0.15) is 32.1 Å². The highest BCUT2D eigenvalue weighted by Crippen LogP contribution is 2.61. The molecular weight excluding hydrogens is 196 g/mol. The molecule has 0 aromatic carbocycles. The van der Waals surface area contributed by atoms with Crippen LogP contribution in [-0.4, -0.2) is 5.78 Å². The van der Waals surface area contributed by atoms with E-state index in [1.54, 1.807) is 0 Å². The highest BCUT2D eigenvalue weighted by molar-refractivity contribution is 6.30. The van der Waals surface area contributed by atoms with E-state index in [0.29, 0.717) is 17.6 Å². The molecule has 4 aliphatic rings. The van der Waals surface area contributed by atoms with Gasteiger partial charge in [0.15, 0.2) is 0 Å². The Labute approximate surface area is 89.5 Å². The van der Waals surface area contributed by atoms with Crippen LogP contribution in [0.25, 0.3) is 0 Å². The molecule has 0 saturated heterocycles. The molecule has 1 nitrogen and oxygen atoms in total. The molecule has 2 unspecified atom stereocenters. The van der Waals surface area contributed by atoms with Gasteiger partial charge in [-0.1, -0.05) is 18.2 Å². The molecule has 0 heterocycles. The van der Waals surface area contributed by atoms with Crippen LogP contribution in [-0.2, 0) is 4.79 Å². The lowest BCUT2D eigenvalue weighted by Gasteiger charge is -2.55. The predicted molar refractivity (Wildman–Crippen MR) is 56.0 cm³/mol. The first kappa shape index (κ1) is 8.96. The Morgan fingerprint density at radius 1 is 1.29 bits per heavy atom. The SMILES string of the molecule is C=C(Cl)C12CC3CC(C1)C(=O)C(C3)C2. The molecule has 0 N–H and O–H groups in total. The van der Waals surface area contributed by atoms with Gasteiger partial charge in [0.25, 0.3) is 0 Å². The predicted octanol–water partition coefficient (Wildman–Crippen LogP) is 3.13. The maximum atomic E-state index is 11.9. The first-order valence-electron chi connectivity index (χ1n) is 5.49. The number of Topliss-reactive ketones (excluding diaryl/α,β-unsaturated/α-hetero) is 1. The minimum absolute atomic E-state index is 0.131. The molecule has 2 heteroatoms. The minimum Gasteiger partial charge on any atom is -0.299 e. The van der Waals surface area contributed by atoms with E-state index in [0.717, 1.165) is 36.6 Å². The summed E-state index contributed by atoms with van der Waals surface area (Å²) in [4.78, 5) is 11.9. The van der Waals surface area contributed by atoms with E-state index >= 15 is 0 Å². The molecule has 2 atom stereocenters. The van der Waals surface area contributed by atoms with Gasteiger partial charge >= 0.3 is 0 Å². The average Bonchev–Trinajstić information content (AvgIpc) is 2.12. The summed E-state index contributed by atoms with van der Waals surface area (Å²) in [6.07, 6.45) is 5.42. The third-order valence-electron chi connectivity index (χ3n) is 4.57. The molecule has 4 fully saturated rings. The van der Waals surface area contributed by atoms with Crippen molar-refractivity contribution in [2.45, 2.75) is 32.1 Å². The van der Waals surface area contributed by atoms with E-state index in [1.807, 2.05) is 0 Å². The number of hydrogen-bond acceptors (Lipinski definition) is 1. The maximum absolute atomic E-state index is 11.9. The van der Waals surface area contributed by atoms with Gasteiger partial charge < -0.3 is 0 Å². The van der Waals surface area contributed by atoms with Crippen LogP contribution >= 0.6 is 11.6 Å². The molecule has 0 spiro atoms. The van der Waals surface area contributed by atoms with Gasteiger partial charge in [-0.25, -0.2) is 0 Å². The number of halogens is 1. The van der Waals surface area contributed by atoms with Crippen LogP contribution in [0.3, 0.4) is 0 Å². The van der Waals surface area contributed by atoms with Crippen molar-refractivity contribution in [3.8, 4) is 0 Å². The summed E-state index contributed by atoms with van der Waals surface area (Å²) in [7, 11) is 0. The molecule has 0 aromatic rings. The third-order valence-corrected chi connectivity index (χ3v) is 4.97. The zero-order chi connectivity index (χ0) is 9.92. The molecule has 0 aliphatic heterocycles. The first-order chi connectivity index (χ1) is 6.61. The summed E-state index contributed by atoms with van der Waals surface area (Å²) in [6, 6.07) is 0. The Morgan fingerprint density at radius 3 is 2.36 bits per heavy atom. The van der Waals surface area contributed by atoms with Crippen LogP contribution in [0.5, 0.6) is 0 Å². The summed E-state index contributed by atoms with van der Waals surface area (Å²) in [5.74, 6) is 1.91. The molecule has 4 saturated carbocycles. The van der Waals surface area contributed by atoms with Gasteiger partial charge in [-0.05, 0) is 38.0 Å². The van der Waals surface area contributed by atoms with Gasteiger partial charge in [0.1, 0.15) is 5.78 Å². The van der Waals surface area contributed by atoms with E-state index in [4.69, 9.17) is 11.6 Å². The van der Waals surface area contributed by atoms with Gasteiger partial charge in [-0.15, -0.1) is 0 Å². The maximum Gasteiger partial charge on any atom is 0.139 e. The second-order valence-corrected chi connectivity index (χ2v) is 5.89. The average molecular weight is 211 g/mol. The number of carbonyl (C=O) groups excluding carboxylic acids is 1. The fraction of sp³-hybridized carbons (Fsp3) is 0.750. The first-order valence-corrected chi connectivity index (χ1v) is 5.87. The van der Waals surface area contributed by atoms with Crippen molar-refractivity contribution in [2.75, 3.05) is 0 Å². The van der Waals surface area contributed by atoms with Crippen LogP contribution in [0.15, 0.2) is 11.6 Å². The Bertz CT molecular complexity index is 302. The number of allylic oxidation sites excluding steroid dienone is 1. The largest absolute Gasteiger partial charge is 0.299 e. The summed E-state index contributed by atoms with van der Waals surface area (Å²) in [5.41, 5.74) is 0.131. The van der Waals surface area contributed by atoms with Crippen molar-refractivity contribution in [3.63, 3.8) is 0 Å². The normalized spacial score (nSPS) is 49.8. The monoisotopic (exact) mass is 210 g/mol. The molecule has 4 rings (SSSR count). The smallest absolute Gasteiger partial charge is 0.139 e. The fourth-order valence-electron chi connectivity index (χ4n) is 4.08. The second-order valence-electron chi connectivity index (χ2n) is 5.43. The number of ketones is 1. The van der Waals surface area contributed by atoms with E-state index < -0.39 is 0 Å². The zero-order valence-electron chi connectivity index (χ0n) is 8.26. The molecule has 76 valence electrons. The fourth-order valence-corrected chi connectivity index (χ4v) is 4.31.